The number of carboxylic acid groups (broad SMARTS) is 1. The highest BCUT2D eigenvalue weighted by atomic mass is 16.6. The molecule has 0 saturated carbocycles. The van der Waals surface area contributed by atoms with E-state index in [0.29, 0.717) is 12.8 Å². The lowest BCUT2D eigenvalue weighted by Gasteiger charge is -2.29. The van der Waals surface area contributed by atoms with Crippen molar-refractivity contribution in [3.8, 4) is 0 Å². The molecule has 0 aliphatic heterocycles. The van der Waals surface area contributed by atoms with Crippen LogP contribution in [0.15, 0.2) is 30.3 Å². The van der Waals surface area contributed by atoms with Gasteiger partial charge in [0.15, 0.2) is 0 Å². The lowest BCUT2D eigenvalue weighted by molar-refractivity contribution is -0.148. The molecule has 1 atom stereocenters. The molecule has 0 saturated heterocycles. The lowest BCUT2D eigenvalue weighted by atomic mass is 9.79. The Morgan fingerprint density at radius 1 is 1.18 bits per heavy atom. The van der Waals surface area contributed by atoms with Gasteiger partial charge >= 0.3 is 12.1 Å². The highest BCUT2D eigenvalue weighted by Crippen LogP contribution is 2.27. The SMILES string of the molecule is CCC(CNC(=O)OC(C)(C)C)(Cc1ccccc1)C(=O)O. The molecule has 5 heteroatoms. The number of alkyl carbamates (subject to hydrolysis) is 1. The number of aliphatic carboxylic acids is 1. The highest BCUT2D eigenvalue weighted by Gasteiger charge is 2.37. The van der Waals surface area contributed by atoms with E-state index in [1.807, 2.05) is 37.3 Å². The first-order valence-electron chi connectivity index (χ1n) is 7.43. The molecule has 1 unspecified atom stereocenters. The number of carboxylic acids is 1. The normalized spacial score (nSPS) is 14.0. The van der Waals surface area contributed by atoms with E-state index in [1.54, 1.807) is 20.8 Å². The average molecular weight is 307 g/mol. The Hall–Kier alpha value is -2.04. The summed E-state index contributed by atoms with van der Waals surface area (Å²) in [4.78, 5) is 23.5. The Morgan fingerprint density at radius 2 is 1.77 bits per heavy atom. The summed E-state index contributed by atoms with van der Waals surface area (Å²) >= 11 is 0. The number of rotatable bonds is 6. The number of carbonyl (C=O) groups excluding carboxylic acids is 1. The van der Waals surface area contributed by atoms with Crippen molar-refractivity contribution in [3.05, 3.63) is 35.9 Å². The molecule has 0 aliphatic carbocycles. The van der Waals surface area contributed by atoms with Gasteiger partial charge < -0.3 is 15.2 Å². The van der Waals surface area contributed by atoms with Crippen LogP contribution in [-0.2, 0) is 16.0 Å². The molecule has 0 aliphatic rings. The smallest absolute Gasteiger partial charge is 0.407 e. The van der Waals surface area contributed by atoms with Crippen molar-refractivity contribution in [1.29, 1.82) is 0 Å². The number of ether oxygens (including phenoxy) is 1. The van der Waals surface area contributed by atoms with Crippen LogP contribution >= 0.6 is 0 Å². The Labute approximate surface area is 131 Å². The van der Waals surface area contributed by atoms with Crippen molar-refractivity contribution < 1.29 is 19.4 Å². The van der Waals surface area contributed by atoms with Gasteiger partial charge in [-0.15, -0.1) is 0 Å². The van der Waals surface area contributed by atoms with Crippen LogP contribution in [0.2, 0.25) is 0 Å². The lowest BCUT2D eigenvalue weighted by Crippen LogP contribution is -2.45. The van der Waals surface area contributed by atoms with Gasteiger partial charge in [-0.2, -0.15) is 0 Å². The maximum absolute atomic E-state index is 11.8. The Bertz CT molecular complexity index is 507. The van der Waals surface area contributed by atoms with Gasteiger partial charge in [-0.05, 0) is 39.2 Å². The topological polar surface area (TPSA) is 75.6 Å². The molecule has 1 amide bonds. The second-order valence-electron chi connectivity index (χ2n) is 6.46. The van der Waals surface area contributed by atoms with Gasteiger partial charge in [-0.1, -0.05) is 37.3 Å². The van der Waals surface area contributed by atoms with Gasteiger partial charge in [0.25, 0.3) is 0 Å². The first-order valence-corrected chi connectivity index (χ1v) is 7.43. The van der Waals surface area contributed by atoms with Crippen molar-refractivity contribution in [2.24, 2.45) is 5.41 Å². The van der Waals surface area contributed by atoms with E-state index >= 15 is 0 Å². The summed E-state index contributed by atoms with van der Waals surface area (Å²) in [6.45, 7) is 7.14. The monoisotopic (exact) mass is 307 g/mol. The standard InChI is InChI=1S/C17H25NO4/c1-5-17(14(19)20,11-13-9-7-6-8-10-13)12-18-15(21)22-16(2,3)4/h6-10H,5,11-12H2,1-4H3,(H,18,21)(H,19,20). The second-order valence-corrected chi connectivity index (χ2v) is 6.46. The maximum atomic E-state index is 11.8. The van der Waals surface area contributed by atoms with E-state index in [9.17, 15) is 14.7 Å². The summed E-state index contributed by atoms with van der Waals surface area (Å²) in [5, 5.41) is 12.2. The van der Waals surface area contributed by atoms with Crippen LogP contribution in [0.3, 0.4) is 0 Å². The third-order valence-electron chi connectivity index (χ3n) is 3.49. The fraction of sp³-hybridized carbons (Fsp3) is 0.529. The van der Waals surface area contributed by atoms with E-state index < -0.39 is 23.1 Å². The van der Waals surface area contributed by atoms with Crippen LogP contribution in [0.25, 0.3) is 0 Å². The zero-order valence-corrected chi connectivity index (χ0v) is 13.7. The number of nitrogens with one attached hydrogen (secondary N) is 1. The predicted octanol–water partition coefficient (Wildman–Crippen LogP) is 3.23. The van der Waals surface area contributed by atoms with E-state index in [4.69, 9.17) is 4.74 Å². The molecule has 0 radical (unpaired) electrons. The summed E-state index contributed by atoms with van der Waals surface area (Å²) in [7, 11) is 0. The number of carbonyl (C=O) groups is 2. The summed E-state index contributed by atoms with van der Waals surface area (Å²) in [6, 6.07) is 9.41. The van der Waals surface area contributed by atoms with Gasteiger partial charge in [0, 0.05) is 6.54 Å². The molecule has 1 aromatic carbocycles. The molecule has 122 valence electrons. The van der Waals surface area contributed by atoms with Crippen molar-refractivity contribution in [1.82, 2.24) is 5.32 Å². The van der Waals surface area contributed by atoms with E-state index in [2.05, 4.69) is 5.32 Å². The van der Waals surface area contributed by atoms with Crippen LogP contribution in [0, 0.1) is 5.41 Å². The van der Waals surface area contributed by atoms with E-state index in [1.165, 1.54) is 0 Å². The van der Waals surface area contributed by atoms with Crippen LogP contribution in [0.5, 0.6) is 0 Å². The summed E-state index contributed by atoms with van der Waals surface area (Å²) < 4.78 is 5.16. The predicted molar refractivity (Wildman–Crippen MR) is 84.7 cm³/mol. The molecular formula is C17H25NO4. The zero-order valence-electron chi connectivity index (χ0n) is 13.7. The molecule has 0 aromatic heterocycles. The molecule has 2 N–H and O–H groups in total. The largest absolute Gasteiger partial charge is 0.481 e. The minimum Gasteiger partial charge on any atom is -0.481 e. The second kappa shape index (κ2) is 7.29. The van der Waals surface area contributed by atoms with Crippen LogP contribution in [0.1, 0.15) is 39.7 Å². The highest BCUT2D eigenvalue weighted by molar-refractivity contribution is 5.77. The van der Waals surface area contributed by atoms with E-state index in [-0.39, 0.29) is 6.54 Å². The molecule has 0 spiro atoms. The third-order valence-corrected chi connectivity index (χ3v) is 3.49. The summed E-state index contributed by atoms with van der Waals surface area (Å²) in [5.74, 6) is -0.921. The zero-order chi connectivity index (χ0) is 16.8. The van der Waals surface area contributed by atoms with Gasteiger partial charge in [-0.3, -0.25) is 4.79 Å². The van der Waals surface area contributed by atoms with Crippen LogP contribution in [-0.4, -0.2) is 29.3 Å². The summed E-state index contributed by atoms with van der Waals surface area (Å²) in [6.07, 6.45) is 0.169. The molecule has 1 aromatic rings. The van der Waals surface area contributed by atoms with Crippen molar-refractivity contribution in [2.75, 3.05) is 6.54 Å². The van der Waals surface area contributed by atoms with Gasteiger partial charge in [-0.25, -0.2) is 4.79 Å². The quantitative estimate of drug-likeness (QED) is 0.846. The van der Waals surface area contributed by atoms with Gasteiger partial charge in [0.05, 0.1) is 5.41 Å². The molecule has 0 heterocycles. The first kappa shape index (κ1) is 18.0. The third kappa shape index (κ3) is 5.39. The Morgan fingerprint density at radius 3 is 2.23 bits per heavy atom. The fourth-order valence-corrected chi connectivity index (χ4v) is 2.16. The number of hydrogen-bond donors (Lipinski definition) is 2. The van der Waals surface area contributed by atoms with Crippen molar-refractivity contribution in [2.45, 2.75) is 46.1 Å². The number of hydrogen-bond acceptors (Lipinski definition) is 3. The van der Waals surface area contributed by atoms with Crippen molar-refractivity contribution in [3.63, 3.8) is 0 Å². The van der Waals surface area contributed by atoms with Gasteiger partial charge in [0.1, 0.15) is 5.60 Å². The first-order chi connectivity index (χ1) is 10.2. The fourth-order valence-electron chi connectivity index (χ4n) is 2.16. The molecular weight excluding hydrogens is 282 g/mol. The average Bonchev–Trinajstić information content (AvgIpc) is 2.42. The van der Waals surface area contributed by atoms with Crippen LogP contribution < -0.4 is 5.32 Å². The molecule has 5 nitrogen and oxygen atoms in total. The number of benzene rings is 1. The molecule has 0 bridgehead atoms. The van der Waals surface area contributed by atoms with Crippen molar-refractivity contribution >= 4 is 12.1 Å². The Balaban J connectivity index is 2.80. The minimum absolute atomic E-state index is 0.0304. The Kier molecular flexibility index (Phi) is 5.97. The summed E-state index contributed by atoms with van der Waals surface area (Å²) in [5.41, 5.74) is -0.724. The molecule has 1 rings (SSSR count). The number of amides is 1. The maximum Gasteiger partial charge on any atom is 0.407 e. The molecule has 22 heavy (non-hydrogen) atoms. The molecule has 0 fully saturated rings. The van der Waals surface area contributed by atoms with Gasteiger partial charge in [0.2, 0.25) is 0 Å². The minimum atomic E-state index is -1.04. The van der Waals surface area contributed by atoms with Crippen LogP contribution in [0.4, 0.5) is 4.79 Å². The van der Waals surface area contributed by atoms with E-state index in [0.717, 1.165) is 5.56 Å².